The highest BCUT2D eigenvalue weighted by atomic mass is 35.5. The van der Waals surface area contributed by atoms with Crippen LogP contribution < -0.4 is 10.1 Å². The lowest BCUT2D eigenvalue weighted by Gasteiger charge is -2.09. The van der Waals surface area contributed by atoms with Crippen LogP contribution in [-0.2, 0) is 4.79 Å². The Morgan fingerprint density at radius 3 is 2.44 bits per heavy atom. The Balaban J connectivity index is 1.91. The molecule has 132 valence electrons. The Kier molecular flexibility index (Phi) is 6.53. The molecule has 0 bridgehead atoms. The molecule has 2 rings (SSSR count). The van der Waals surface area contributed by atoms with Crippen molar-refractivity contribution in [2.24, 2.45) is 5.92 Å². The summed E-state index contributed by atoms with van der Waals surface area (Å²) in [6, 6.07) is 10.5. The molecule has 0 radical (unpaired) electrons. The first-order valence-corrected chi connectivity index (χ1v) is 8.24. The molecule has 0 saturated carbocycles. The second-order valence-electron chi connectivity index (χ2n) is 6.01. The van der Waals surface area contributed by atoms with Gasteiger partial charge in [-0.15, -0.1) is 0 Å². The Bertz CT molecular complexity index is 760. The third-order valence-electron chi connectivity index (χ3n) is 3.35. The molecule has 2 aromatic carbocycles. The predicted octanol–water partition coefficient (Wildman–Crippen LogP) is 4.73. The number of rotatable bonds is 7. The molecule has 0 aromatic heterocycles. The van der Waals surface area contributed by atoms with Gasteiger partial charge in [0.05, 0.1) is 5.02 Å². The third kappa shape index (κ3) is 5.87. The summed E-state index contributed by atoms with van der Waals surface area (Å²) >= 11 is 5.66. The molecule has 25 heavy (non-hydrogen) atoms. The van der Waals surface area contributed by atoms with Gasteiger partial charge < -0.3 is 10.1 Å². The van der Waals surface area contributed by atoms with Crippen LogP contribution in [0.5, 0.6) is 5.75 Å². The summed E-state index contributed by atoms with van der Waals surface area (Å²) in [5.41, 5.74) is 1.09. The third-order valence-corrected chi connectivity index (χ3v) is 3.63. The molecule has 6 heteroatoms. The Hall–Kier alpha value is -2.40. The molecule has 4 nitrogen and oxygen atoms in total. The Morgan fingerprint density at radius 2 is 1.84 bits per heavy atom. The van der Waals surface area contributed by atoms with E-state index >= 15 is 0 Å². The number of halogens is 2. The van der Waals surface area contributed by atoms with Crippen LogP contribution in [0.4, 0.5) is 10.1 Å². The van der Waals surface area contributed by atoms with Gasteiger partial charge >= 0.3 is 0 Å². The van der Waals surface area contributed by atoms with Gasteiger partial charge in [-0.25, -0.2) is 4.39 Å². The number of carbonyl (C=O) groups excluding carboxylic acids is 2. The lowest BCUT2D eigenvalue weighted by atomic mass is 10.1. The van der Waals surface area contributed by atoms with Crippen molar-refractivity contribution in [2.45, 2.75) is 20.3 Å². The van der Waals surface area contributed by atoms with Crippen molar-refractivity contribution < 1.29 is 18.7 Å². The Morgan fingerprint density at radius 1 is 1.16 bits per heavy atom. The fourth-order valence-electron chi connectivity index (χ4n) is 2.12. The van der Waals surface area contributed by atoms with Gasteiger partial charge in [0, 0.05) is 23.7 Å². The summed E-state index contributed by atoms with van der Waals surface area (Å²) in [7, 11) is 0. The number of carbonyl (C=O) groups is 2. The fourth-order valence-corrected chi connectivity index (χ4v) is 2.29. The minimum Gasteiger partial charge on any atom is -0.485 e. The van der Waals surface area contributed by atoms with Crippen LogP contribution in [0.2, 0.25) is 5.02 Å². The van der Waals surface area contributed by atoms with E-state index in [1.165, 1.54) is 18.2 Å². The minimum absolute atomic E-state index is 0.0635. The highest BCUT2D eigenvalue weighted by molar-refractivity contribution is 6.30. The molecule has 1 amide bonds. The number of anilines is 1. The minimum atomic E-state index is -0.546. The summed E-state index contributed by atoms with van der Waals surface area (Å²) < 4.78 is 18.4. The van der Waals surface area contributed by atoms with Gasteiger partial charge in [-0.2, -0.15) is 0 Å². The van der Waals surface area contributed by atoms with Gasteiger partial charge in [-0.1, -0.05) is 25.4 Å². The number of ether oxygens (including phenoxy) is 1. The zero-order chi connectivity index (χ0) is 18.4. The van der Waals surface area contributed by atoms with E-state index in [0.717, 1.165) is 0 Å². The maximum atomic E-state index is 13.1. The van der Waals surface area contributed by atoms with E-state index in [2.05, 4.69) is 5.32 Å². The van der Waals surface area contributed by atoms with Crippen LogP contribution >= 0.6 is 11.6 Å². The van der Waals surface area contributed by atoms with Crippen LogP contribution in [-0.4, -0.2) is 18.3 Å². The molecule has 2 aromatic rings. The van der Waals surface area contributed by atoms with Crippen LogP contribution in [0, 0.1) is 11.7 Å². The van der Waals surface area contributed by atoms with Crippen LogP contribution in [0.25, 0.3) is 0 Å². The standard InChI is InChI=1S/C19H19ClFNO3/c1-12(2)9-19(24)22-14-5-3-13(4-6-14)18(23)11-25-15-7-8-17(21)16(20)10-15/h3-8,10,12H,9,11H2,1-2H3,(H,22,24). The Labute approximate surface area is 150 Å². The highest BCUT2D eigenvalue weighted by Crippen LogP contribution is 2.21. The normalized spacial score (nSPS) is 10.6. The average molecular weight is 364 g/mol. The van der Waals surface area contributed by atoms with E-state index in [0.29, 0.717) is 23.4 Å². The van der Waals surface area contributed by atoms with Crippen molar-refractivity contribution in [1.29, 1.82) is 0 Å². The molecule has 1 N–H and O–H groups in total. The van der Waals surface area contributed by atoms with Gasteiger partial charge in [0.25, 0.3) is 0 Å². The van der Waals surface area contributed by atoms with E-state index < -0.39 is 5.82 Å². The molecule has 0 aliphatic heterocycles. The quantitative estimate of drug-likeness (QED) is 0.724. The molecular weight excluding hydrogens is 345 g/mol. The van der Waals surface area contributed by atoms with E-state index in [9.17, 15) is 14.0 Å². The summed E-state index contributed by atoms with van der Waals surface area (Å²) in [6.45, 7) is 3.74. The van der Waals surface area contributed by atoms with Gasteiger partial charge in [-0.05, 0) is 42.3 Å². The van der Waals surface area contributed by atoms with Crippen LogP contribution in [0.15, 0.2) is 42.5 Å². The van der Waals surface area contributed by atoms with Crippen molar-refractivity contribution in [3.05, 3.63) is 58.9 Å². The zero-order valence-electron chi connectivity index (χ0n) is 14.0. The second kappa shape index (κ2) is 8.62. The lowest BCUT2D eigenvalue weighted by Crippen LogP contribution is -2.14. The largest absolute Gasteiger partial charge is 0.485 e. The molecule has 0 aliphatic rings. The molecule has 0 saturated heterocycles. The average Bonchev–Trinajstić information content (AvgIpc) is 2.55. The number of Topliss-reactive ketones (excluding diaryl/α,β-unsaturated/α-hetero) is 1. The fraction of sp³-hybridized carbons (Fsp3) is 0.263. The van der Waals surface area contributed by atoms with Crippen LogP contribution in [0.3, 0.4) is 0 Å². The van der Waals surface area contributed by atoms with E-state index in [1.54, 1.807) is 24.3 Å². The first-order valence-electron chi connectivity index (χ1n) is 7.86. The molecule has 0 aliphatic carbocycles. The first-order chi connectivity index (χ1) is 11.8. The van der Waals surface area contributed by atoms with Crippen LogP contribution in [0.1, 0.15) is 30.6 Å². The maximum absolute atomic E-state index is 13.1. The number of nitrogens with one attached hydrogen (secondary N) is 1. The van der Waals surface area contributed by atoms with Crippen molar-refractivity contribution in [1.82, 2.24) is 0 Å². The molecule has 0 atom stereocenters. The van der Waals surface area contributed by atoms with E-state index in [-0.39, 0.29) is 29.2 Å². The SMILES string of the molecule is CC(C)CC(=O)Nc1ccc(C(=O)COc2ccc(F)c(Cl)c2)cc1. The van der Waals surface area contributed by atoms with Gasteiger partial charge in [0.2, 0.25) is 5.91 Å². The molecule has 0 unspecified atom stereocenters. The summed E-state index contributed by atoms with van der Waals surface area (Å²) in [5.74, 6) is -0.253. The van der Waals surface area contributed by atoms with E-state index in [1.807, 2.05) is 13.8 Å². The monoisotopic (exact) mass is 363 g/mol. The molecular formula is C19H19ClFNO3. The topological polar surface area (TPSA) is 55.4 Å². The smallest absolute Gasteiger partial charge is 0.224 e. The lowest BCUT2D eigenvalue weighted by molar-refractivity contribution is -0.116. The van der Waals surface area contributed by atoms with Crippen molar-refractivity contribution in [3.63, 3.8) is 0 Å². The number of hydrogen-bond donors (Lipinski definition) is 1. The highest BCUT2D eigenvalue weighted by Gasteiger charge is 2.10. The summed E-state index contributed by atoms with van der Waals surface area (Å²) in [4.78, 5) is 23.8. The molecule has 0 heterocycles. The number of amides is 1. The maximum Gasteiger partial charge on any atom is 0.224 e. The zero-order valence-corrected chi connectivity index (χ0v) is 14.8. The molecule has 0 fully saturated rings. The first kappa shape index (κ1) is 18.9. The summed E-state index contributed by atoms with van der Waals surface area (Å²) in [5, 5.41) is 2.71. The summed E-state index contributed by atoms with van der Waals surface area (Å²) in [6.07, 6.45) is 0.439. The van der Waals surface area contributed by atoms with Crippen molar-refractivity contribution in [2.75, 3.05) is 11.9 Å². The molecule has 0 spiro atoms. The second-order valence-corrected chi connectivity index (χ2v) is 6.42. The van der Waals surface area contributed by atoms with Gasteiger partial charge in [-0.3, -0.25) is 9.59 Å². The van der Waals surface area contributed by atoms with Gasteiger partial charge in [0.1, 0.15) is 11.6 Å². The predicted molar refractivity (Wildman–Crippen MR) is 95.8 cm³/mol. The van der Waals surface area contributed by atoms with Gasteiger partial charge in [0.15, 0.2) is 12.4 Å². The number of hydrogen-bond acceptors (Lipinski definition) is 3. The van der Waals surface area contributed by atoms with Crippen molar-refractivity contribution >= 4 is 29.0 Å². The van der Waals surface area contributed by atoms with Crippen molar-refractivity contribution in [3.8, 4) is 5.75 Å². The number of ketones is 1. The number of benzene rings is 2. The van der Waals surface area contributed by atoms with E-state index in [4.69, 9.17) is 16.3 Å².